The summed E-state index contributed by atoms with van der Waals surface area (Å²) < 4.78 is 105. The summed E-state index contributed by atoms with van der Waals surface area (Å²) in [6.07, 6.45) is -4.14. The van der Waals surface area contributed by atoms with E-state index in [2.05, 4.69) is 0 Å². The lowest BCUT2D eigenvalue weighted by Gasteiger charge is -2.21. The molecule has 0 aliphatic rings. The molecule has 0 rings (SSSR count). The molecule has 0 atom stereocenters. The maximum Gasteiger partial charge on any atom is 0.485 e. The van der Waals surface area contributed by atoms with E-state index in [1.54, 1.807) is 14.0 Å². The number of hydrogen-bond donors (Lipinski definition) is 0. The monoisotopic (exact) mass is 378 g/mol. The van der Waals surface area contributed by atoms with Gasteiger partial charge in [0, 0.05) is 13.7 Å². The molecule has 0 aromatic heterocycles. The summed E-state index contributed by atoms with van der Waals surface area (Å²) in [6, 6.07) is 0. The summed E-state index contributed by atoms with van der Waals surface area (Å²) in [4.78, 5) is 1.30. The molecule has 23 heavy (non-hydrogen) atoms. The number of rotatable bonds is 8. The van der Waals surface area contributed by atoms with Gasteiger partial charge in [-0.3, -0.25) is 4.90 Å². The van der Waals surface area contributed by atoms with Gasteiger partial charge in [0.2, 0.25) is 0 Å². The van der Waals surface area contributed by atoms with Gasteiger partial charge in [0.25, 0.3) is 0 Å². The van der Waals surface area contributed by atoms with Crippen LogP contribution in [0.5, 0.6) is 0 Å². The Bertz CT molecular complexity index is 398. The van der Waals surface area contributed by atoms with Gasteiger partial charge in [-0.05, 0) is 6.54 Å². The van der Waals surface area contributed by atoms with Gasteiger partial charge in [0.15, 0.2) is 10.1 Å². The second-order valence-electron chi connectivity index (χ2n) is 3.99. The van der Waals surface area contributed by atoms with Crippen LogP contribution in [0.1, 0.15) is 6.92 Å². The molecule has 6 nitrogen and oxygen atoms in total. The summed E-state index contributed by atoms with van der Waals surface area (Å²) in [5.74, 6) is 0. The zero-order valence-corrected chi connectivity index (χ0v) is 13.2. The van der Waals surface area contributed by atoms with E-state index in [1.807, 2.05) is 0 Å². The summed E-state index contributed by atoms with van der Waals surface area (Å²) in [5, 5.41) is 0. The Kier molecular flexibility index (Phi) is 11.8. The van der Waals surface area contributed by atoms with Gasteiger partial charge in [0.05, 0.1) is 26.4 Å². The third-order valence-electron chi connectivity index (χ3n) is 2.12. The lowest BCUT2D eigenvalue weighted by atomic mass is 10.4. The van der Waals surface area contributed by atoms with E-state index in [9.17, 15) is 26.3 Å². The maximum atomic E-state index is 12.0. The van der Waals surface area contributed by atoms with Gasteiger partial charge < -0.3 is 14.0 Å². The van der Waals surface area contributed by atoms with Crippen LogP contribution < -0.4 is 0 Å². The minimum atomic E-state index is -6.09. The fourth-order valence-corrected chi connectivity index (χ4v) is 1.04. The first-order valence-corrected chi connectivity index (χ1v) is 7.53. The molecule has 0 bridgehead atoms. The van der Waals surface area contributed by atoms with Crippen molar-refractivity contribution >= 4 is 10.1 Å². The van der Waals surface area contributed by atoms with Crippen molar-refractivity contribution in [2.75, 3.05) is 46.6 Å². The number of methoxy groups -OCH3 is 1. The molecular formula is C10H18F6NO5S-. The van der Waals surface area contributed by atoms with Crippen molar-refractivity contribution in [1.29, 1.82) is 0 Å². The predicted molar refractivity (Wildman–Crippen MR) is 66.6 cm³/mol. The summed E-state index contributed by atoms with van der Waals surface area (Å²) in [5.41, 5.74) is -5.65. The van der Waals surface area contributed by atoms with Crippen LogP contribution in [0.2, 0.25) is 0 Å². The molecule has 142 valence electrons. The van der Waals surface area contributed by atoms with Crippen molar-refractivity contribution in [3.8, 4) is 0 Å². The van der Waals surface area contributed by atoms with Crippen LogP contribution in [0.4, 0.5) is 26.3 Å². The number of nitrogens with zero attached hydrogens (tertiary/aromatic N) is 1. The molecule has 0 fully saturated rings. The van der Waals surface area contributed by atoms with Crippen LogP contribution in [0.15, 0.2) is 0 Å². The lowest BCUT2D eigenvalue weighted by molar-refractivity contribution is -0.146. The average molecular weight is 378 g/mol. The molecule has 0 saturated heterocycles. The van der Waals surface area contributed by atoms with Crippen molar-refractivity contribution in [2.45, 2.75) is 18.6 Å². The molecule has 0 spiro atoms. The second kappa shape index (κ2) is 11.0. The number of alkyl halides is 6. The van der Waals surface area contributed by atoms with E-state index < -0.39 is 28.3 Å². The van der Waals surface area contributed by atoms with Crippen molar-refractivity contribution in [2.24, 2.45) is 0 Å². The summed E-state index contributed by atoms with van der Waals surface area (Å²) in [7, 11) is -4.54. The van der Waals surface area contributed by atoms with E-state index in [1.165, 1.54) is 4.90 Å². The minimum Gasteiger partial charge on any atom is -0.741 e. The van der Waals surface area contributed by atoms with E-state index in [-0.39, 0.29) is 0 Å². The Morgan fingerprint density at radius 1 is 1.04 bits per heavy atom. The highest BCUT2D eigenvalue weighted by Crippen LogP contribution is 2.20. The lowest BCUT2D eigenvalue weighted by Crippen LogP contribution is -2.36. The van der Waals surface area contributed by atoms with Crippen molar-refractivity contribution in [3.63, 3.8) is 0 Å². The molecule has 0 aromatic carbocycles. The first-order chi connectivity index (χ1) is 10.2. The fraction of sp³-hybridized carbons (Fsp3) is 1.00. The van der Waals surface area contributed by atoms with Crippen LogP contribution in [0.25, 0.3) is 0 Å². The molecule has 0 aromatic rings. The number of ether oxygens (including phenoxy) is 2. The Morgan fingerprint density at radius 3 is 1.83 bits per heavy atom. The quantitative estimate of drug-likeness (QED) is 0.276. The van der Waals surface area contributed by atoms with Gasteiger partial charge in [-0.15, -0.1) is 0 Å². The van der Waals surface area contributed by atoms with Crippen molar-refractivity contribution in [3.05, 3.63) is 0 Å². The summed E-state index contributed by atoms with van der Waals surface area (Å²) in [6.45, 7) is 2.66. The highest BCUT2D eigenvalue weighted by atomic mass is 32.2. The van der Waals surface area contributed by atoms with E-state index >= 15 is 0 Å². The SMILES string of the molecule is CCN(CCOCCOC)CC(F)(F)F.O=S(=O)([O-])C(F)(F)F. The second-order valence-corrected chi connectivity index (χ2v) is 5.36. The zero-order chi connectivity index (χ0) is 18.7. The van der Waals surface area contributed by atoms with Crippen LogP contribution in [-0.2, 0) is 19.6 Å². The molecule has 0 N–H and O–H groups in total. The third-order valence-corrected chi connectivity index (χ3v) is 2.68. The zero-order valence-electron chi connectivity index (χ0n) is 12.4. The normalized spacial score (nSPS) is 13.0. The molecule has 0 heterocycles. The standard InChI is InChI=1S/C9H18F3NO2.CHF3O3S/c1-3-13(8-9(10,11)12)4-5-15-7-6-14-2;2-1(3,4)8(5,6)7/h3-8H2,1-2H3;(H,5,6,7)/p-1. The van der Waals surface area contributed by atoms with Gasteiger partial charge >= 0.3 is 11.7 Å². The smallest absolute Gasteiger partial charge is 0.485 e. The molecule has 0 unspecified atom stereocenters. The largest absolute Gasteiger partial charge is 0.741 e. The highest BCUT2D eigenvalue weighted by Gasteiger charge is 2.36. The van der Waals surface area contributed by atoms with E-state index in [0.717, 1.165) is 0 Å². The number of hydrogen-bond acceptors (Lipinski definition) is 6. The number of halogens is 6. The van der Waals surface area contributed by atoms with Gasteiger partial charge in [0.1, 0.15) is 0 Å². The Balaban J connectivity index is 0. The first kappa shape index (κ1) is 24.6. The minimum absolute atomic E-state index is 0.291. The van der Waals surface area contributed by atoms with Crippen LogP contribution >= 0.6 is 0 Å². The van der Waals surface area contributed by atoms with Crippen LogP contribution in [0, 0.1) is 0 Å². The van der Waals surface area contributed by atoms with E-state index in [0.29, 0.717) is 32.9 Å². The molecule has 0 aliphatic carbocycles. The average Bonchev–Trinajstić information content (AvgIpc) is 2.34. The van der Waals surface area contributed by atoms with Gasteiger partial charge in [-0.1, -0.05) is 6.92 Å². The molecule has 0 aliphatic heterocycles. The van der Waals surface area contributed by atoms with Gasteiger partial charge in [-0.25, -0.2) is 8.42 Å². The summed E-state index contributed by atoms with van der Waals surface area (Å²) >= 11 is 0. The first-order valence-electron chi connectivity index (χ1n) is 6.12. The highest BCUT2D eigenvalue weighted by molar-refractivity contribution is 7.86. The molecule has 0 saturated carbocycles. The molecular weight excluding hydrogens is 360 g/mol. The molecule has 0 radical (unpaired) electrons. The Hall–Kier alpha value is -0.630. The van der Waals surface area contributed by atoms with Crippen molar-refractivity contribution in [1.82, 2.24) is 4.90 Å². The number of likely N-dealkylation sites (N-methyl/N-ethyl adjacent to an activating group) is 1. The fourth-order valence-electron chi connectivity index (χ4n) is 1.04. The molecule has 13 heteroatoms. The Morgan fingerprint density at radius 2 is 1.52 bits per heavy atom. The van der Waals surface area contributed by atoms with E-state index in [4.69, 9.17) is 22.4 Å². The van der Waals surface area contributed by atoms with Crippen LogP contribution in [0.3, 0.4) is 0 Å². The predicted octanol–water partition coefficient (Wildman–Crippen LogP) is 1.58. The maximum absolute atomic E-state index is 12.0. The Labute approximate surface area is 130 Å². The third kappa shape index (κ3) is 16.0. The topological polar surface area (TPSA) is 78.9 Å². The van der Waals surface area contributed by atoms with Gasteiger partial charge in [-0.2, -0.15) is 26.3 Å². The molecule has 0 amide bonds. The van der Waals surface area contributed by atoms with Crippen molar-refractivity contribution < 1.29 is 48.8 Å². The van der Waals surface area contributed by atoms with Crippen LogP contribution in [-0.4, -0.2) is 76.1 Å².